The van der Waals surface area contributed by atoms with Crippen LogP contribution in [0, 0.1) is 5.82 Å². The van der Waals surface area contributed by atoms with Crippen molar-refractivity contribution in [3.8, 4) is 11.5 Å². The Morgan fingerprint density at radius 2 is 1.76 bits per heavy atom. The number of hydrogen-bond acceptors (Lipinski definition) is 5. The summed E-state index contributed by atoms with van der Waals surface area (Å²) in [5.74, 6) is -3.10. The van der Waals surface area contributed by atoms with Crippen molar-refractivity contribution >= 4 is 28.4 Å². The number of nitrogens with zero attached hydrogens (tertiary/aromatic N) is 1. The summed E-state index contributed by atoms with van der Waals surface area (Å²) < 4.78 is 25.7. The van der Waals surface area contributed by atoms with E-state index in [1.807, 2.05) is 0 Å². The number of ether oxygens (including phenoxy) is 2. The second kappa shape index (κ2) is 8.05. The Labute approximate surface area is 165 Å². The highest BCUT2D eigenvalue weighted by Gasteiger charge is 2.21. The molecular formula is C21H18FNO6. The smallest absolute Gasteiger partial charge is 0.376 e. The van der Waals surface area contributed by atoms with Crippen LogP contribution in [0.3, 0.4) is 0 Å². The van der Waals surface area contributed by atoms with Crippen molar-refractivity contribution in [2.75, 3.05) is 14.2 Å². The molecule has 0 aliphatic rings. The molecule has 0 aliphatic heterocycles. The van der Waals surface area contributed by atoms with Gasteiger partial charge in [-0.3, -0.25) is 4.79 Å². The molecule has 0 spiro atoms. The van der Waals surface area contributed by atoms with Crippen LogP contribution in [0.15, 0.2) is 48.7 Å². The average Bonchev–Trinajstić information content (AvgIpc) is 3.07. The van der Waals surface area contributed by atoms with Crippen LogP contribution in [0.5, 0.6) is 11.5 Å². The number of hydrogen-bond donors (Lipinski definition) is 2. The Morgan fingerprint density at radius 1 is 1.07 bits per heavy atom. The van der Waals surface area contributed by atoms with E-state index in [-0.39, 0.29) is 11.4 Å². The lowest BCUT2D eigenvalue weighted by atomic mass is 10.1. The summed E-state index contributed by atoms with van der Waals surface area (Å²) in [6, 6.07) is 9.38. The van der Waals surface area contributed by atoms with E-state index in [9.17, 15) is 19.1 Å². The van der Waals surface area contributed by atoms with Crippen LogP contribution in [0.2, 0.25) is 0 Å². The van der Waals surface area contributed by atoms with Crippen LogP contribution in [0.25, 0.3) is 16.7 Å². The number of aliphatic hydroxyl groups excluding tert-OH is 1. The first kappa shape index (κ1) is 19.9. The number of aliphatic carboxylic acids is 1. The average molecular weight is 399 g/mol. The third-order valence-electron chi connectivity index (χ3n) is 4.41. The van der Waals surface area contributed by atoms with Gasteiger partial charge < -0.3 is 24.3 Å². The minimum Gasteiger partial charge on any atom is -0.507 e. The van der Waals surface area contributed by atoms with Crippen LogP contribution in [0.4, 0.5) is 4.39 Å². The second-order valence-corrected chi connectivity index (χ2v) is 6.19. The minimum absolute atomic E-state index is 0.201. The van der Waals surface area contributed by atoms with Crippen LogP contribution < -0.4 is 9.47 Å². The van der Waals surface area contributed by atoms with Gasteiger partial charge in [-0.2, -0.15) is 0 Å². The standard InChI is InChI=1S/C21H18FNO6/c1-28-18-8-7-15-19(20(18)29-2)14(16(24)9-17(25)21(26)27)11-23(15)10-12-3-5-13(22)6-4-12/h3-9,11,24H,10H2,1-2H3,(H,26,27). The first-order valence-corrected chi connectivity index (χ1v) is 8.52. The number of fused-ring (bicyclic) bond motifs is 1. The second-order valence-electron chi connectivity index (χ2n) is 6.19. The molecule has 1 aromatic heterocycles. The van der Waals surface area contributed by atoms with Gasteiger partial charge in [-0.1, -0.05) is 12.1 Å². The molecule has 29 heavy (non-hydrogen) atoms. The minimum atomic E-state index is -1.68. The van der Waals surface area contributed by atoms with Gasteiger partial charge in [0.1, 0.15) is 11.6 Å². The molecular weight excluding hydrogens is 381 g/mol. The number of halogens is 1. The van der Waals surface area contributed by atoms with Crippen LogP contribution in [0.1, 0.15) is 11.1 Å². The van der Waals surface area contributed by atoms with Crippen LogP contribution >= 0.6 is 0 Å². The van der Waals surface area contributed by atoms with Gasteiger partial charge >= 0.3 is 5.97 Å². The Kier molecular flexibility index (Phi) is 5.54. The van der Waals surface area contributed by atoms with Gasteiger partial charge in [-0.05, 0) is 29.8 Å². The normalized spacial score (nSPS) is 11.5. The molecule has 0 saturated carbocycles. The van der Waals surface area contributed by atoms with E-state index in [2.05, 4.69) is 0 Å². The highest BCUT2D eigenvalue weighted by Crippen LogP contribution is 2.40. The Balaban J connectivity index is 2.22. The number of carboxylic acids is 1. The summed E-state index contributed by atoms with van der Waals surface area (Å²) in [6.07, 6.45) is 2.20. The van der Waals surface area contributed by atoms with E-state index in [1.165, 1.54) is 26.4 Å². The van der Waals surface area contributed by atoms with Gasteiger partial charge in [0.2, 0.25) is 0 Å². The third kappa shape index (κ3) is 3.91. The molecule has 0 saturated heterocycles. The quantitative estimate of drug-likeness (QED) is 0.359. The Hall–Kier alpha value is -3.81. The highest BCUT2D eigenvalue weighted by molar-refractivity contribution is 6.38. The van der Waals surface area contributed by atoms with Gasteiger partial charge in [0.15, 0.2) is 11.5 Å². The molecule has 7 nitrogen and oxygen atoms in total. The van der Waals surface area contributed by atoms with E-state index in [0.717, 1.165) is 5.56 Å². The van der Waals surface area contributed by atoms with Gasteiger partial charge in [-0.15, -0.1) is 0 Å². The maximum atomic E-state index is 13.2. The van der Waals surface area contributed by atoms with Crippen molar-refractivity contribution in [3.05, 3.63) is 65.6 Å². The fraction of sp³-hybridized carbons (Fsp3) is 0.143. The zero-order valence-corrected chi connectivity index (χ0v) is 15.7. The van der Waals surface area contributed by atoms with Crippen molar-refractivity contribution < 1.29 is 33.7 Å². The largest absolute Gasteiger partial charge is 0.507 e. The highest BCUT2D eigenvalue weighted by atomic mass is 19.1. The number of carbonyl (C=O) groups is 2. The zero-order valence-electron chi connectivity index (χ0n) is 15.7. The van der Waals surface area contributed by atoms with E-state index < -0.39 is 17.5 Å². The molecule has 0 fully saturated rings. The van der Waals surface area contributed by atoms with E-state index in [1.54, 1.807) is 35.0 Å². The summed E-state index contributed by atoms with van der Waals surface area (Å²) in [5, 5.41) is 19.7. The van der Waals surface area contributed by atoms with Gasteiger partial charge in [0.25, 0.3) is 5.78 Å². The lowest BCUT2D eigenvalue weighted by Crippen LogP contribution is -2.09. The number of aliphatic hydroxyl groups is 1. The molecule has 0 amide bonds. The molecule has 3 rings (SSSR count). The fourth-order valence-electron chi connectivity index (χ4n) is 3.08. The Morgan fingerprint density at radius 3 is 2.34 bits per heavy atom. The summed E-state index contributed by atoms with van der Waals surface area (Å²) in [4.78, 5) is 22.4. The number of rotatable bonds is 7. The molecule has 0 radical (unpaired) electrons. The van der Waals surface area contributed by atoms with Gasteiger partial charge in [0.05, 0.1) is 25.1 Å². The molecule has 0 unspecified atom stereocenters. The molecule has 0 bridgehead atoms. The first-order valence-electron chi connectivity index (χ1n) is 8.52. The molecule has 0 atom stereocenters. The van der Waals surface area contributed by atoms with E-state index >= 15 is 0 Å². The first-order chi connectivity index (χ1) is 13.8. The number of benzene rings is 2. The molecule has 3 aromatic rings. The lowest BCUT2D eigenvalue weighted by molar-refractivity contribution is -0.146. The third-order valence-corrected chi connectivity index (χ3v) is 4.41. The molecule has 0 aliphatic carbocycles. The number of aromatic nitrogens is 1. The summed E-state index contributed by atoms with van der Waals surface area (Å²) in [7, 11) is 2.89. The maximum Gasteiger partial charge on any atom is 0.376 e. The van der Waals surface area contributed by atoms with Crippen molar-refractivity contribution in [1.82, 2.24) is 4.57 Å². The number of methoxy groups -OCH3 is 2. The topological polar surface area (TPSA) is 98.0 Å². The summed E-state index contributed by atoms with van der Waals surface area (Å²) >= 11 is 0. The predicted octanol–water partition coefficient (Wildman–Crippen LogP) is 3.40. The molecule has 2 N–H and O–H groups in total. The predicted molar refractivity (Wildman–Crippen MR) is 104 cm³/mol. The number of carbonyl (C=O) groups excluding carboxylic acids is 1. The molecule has 150 valence electrons. The van der Waals surface area contributed by atoms with E-state index in [4.69, 9.17) is 14.6 Å². The molecule has 8 heteroatoms. The summed E-state index contributed by atoms with van der Waals surface area (Å²) in [6.45, 7) is 0.340. The lowest BCUT2D eigenvalue weighted by Gasteiger charge is -2.11. The van der Waals surface area contributed by atoms with Crippen molar-refractivity contribution in [1.29, 1.82) is 0 Å². The molecule has 2 aromatic carbocycles. The molecule has 1 heterocycles. The van der Waals surface area contributed by atoms with Crippen molar-refractivity contribution in [2.45, 2.75) is 6.54 Å². The maximum absolute atomic E-state index is 13.2. The monoisotopic (exact) mass is 399 g/mol. The number of ketones is 1. The summed E-state index contributed by atoms with van der Waals surface area (Å²) in [5.41, 5.74) is 1.65. The van der Waals surface area contributed by atoms with Crippen molar-refractivity contribution in [3.63, 3.8) is 0 Å². The van der Waals surface area contributed by atoms with Crippen molar-refractivity contribution in [2.24, 2.45) is 0 Å². The SMILES string of the molecule is COc1ccc2c(c(C(O)=CC(=O)C(=O)O)cn2Cc2ccc(F)cc2)c1OC. The van der Waals surface area contributed by atoms with Crippen LogP contribution in [-0.2, 0) is 16.1 Å². The zero-order chi connectivity index (χ0) is 21.1. The Bertz CT molecular complexity index is 1110. The fourth-order valence-corrected chi connectivity index (χ4v) is 3.08. The van der Waals surface area contributed by atoms with Gasteiger partial charge in [0, 0.05) is 24.4 Å². The van der Waals surface area contributed by atoms with E-state index in [0.29, 0.717) is 35.0 Å². The van der Waals surface area contributed by atoms with Gasteiger partial charge in [-0.25, -0.2) is 9.18 Å². The van der Waals surface area contributed by atoms with Crippen LogP contribution in [-0.4, -0.2) is 40.8 Å². The number of carboxylic acid groups (broad SMARTS) is 1.